The van der Waals surface area contributed by atoms with E-state index in [1.807, 2.05) is 0 Å². The van der Waals surface area contributed by atoms with Crippen molar-refractivity contribution in [3.05, 3.63) is 6.33 Å². The minimum Gasteiger partial charge on any atom is -0.383 e. The Morgan fingerprint density at radius 2 is 2.19 bits per heavy atom. The van der Waals surface area contributed by atoms with E-state index in [4.69, 9.17) is 4.74 Å². The second-order valence-corrected chi connectivity index (χ2v) is 5.18. The average molecular weight is 292 g/mol. The van der Waals surface area contributed by atoms with Crippen molar-refractivity contribution in [3.63, 3.8) is 0 Å². The highest BCUT2D eigenvalue weighted by molar-refractivity contribution is 5.84. The highest BCUT2D eigenvalue weighted by Crippen LogP contribution is 2.24. The Kier molecular flexibility index (Phi) is 5.32. The van der Waals surface area contributed by atoms with Crippen molar-refractivity contribution in [3.8, 4) is 0 Å². The lowest BCUT2D eigenvalue weighted by atomic mass is 10.3. The second-order valence-electron chi connectivity index (χ2n) is 5.18. The molecule has 0 fully saturated rings. The Morgan fingerprint density at radius 1 is 1.38 bits per heavy atom. The van der Waals surface area contributed by atoms with Gasteiger partial charge in [0.1, 0.15) is 5.52 Å². The molecule has 21 heavy (non-hydrogen) atoms. The number of rotatable bonds is 8. The number of hydrogen-bond donors (Lipinski definition) is 2. The van der Waals surface area contributed by atoms with Crippen molar-refractivity contribution in [2.75, 3.05) is 37.0 Å². The molecule has 0 radical (unpaired) electrons. The summed E-state index contributed by atoms with van der Waals surface area (Å²) >= 11 is 0. The molecule has 7 nitrogen and oxygen atoms in total. The molecule has 0 amide bonds. The highest BCUT2D eigenvalue weighted by atomic mass is 16.5. The molecular weight excluding hydrogens is 268 g/mol. The van der Waals surface area contributed by atoms with Crippen LogP contribution in [0.2, 0.25) is 0 Å². The third-order valence-corrected chi connectivity index (χ3v) is 3.23. The quantitative estimate of drug-likeness (QED) is 0.775. The molecule has 2 aromatic rings. The van der Waals surface area contributed by atoms with Crippen LogP contribution in [0.4, 0.5) is 11.8 Å². The predicted octanol–water partition coefficient (Wildman–Crippen LogP) is 2.04. The van der Waals surface area contributed by atoms with Crippen molar-refractivity contribution in [1.82, 2.24) is 19.9 Å². The van der Waals surface area contributed by atoms with E-state index < -0.39 is 0 Å². The van der Waals surface area contributed by atoms with Gasteiger partial charge in [0.05, 0.1) is 12.9 Å². The number of aromatic nitrogens is 4. The van der Waals surface area contributed by atoms with Crippen LogP contribution in [0.1, 0.15) is 27.2 Å². The number of anilines is 2. The van der Waals surface area contributed by atoms with Crippen LogP contribution < -0.4 is 10.2 Å². The van der Waals surface area contributed by atoms with E-state index in [2.05, 4.69) is 50.9 Å². The van der Waals surface area contributed by atoms with Gasteiger partial charge in [-0.15, -0.1) is 0 Å². The molecule has 0 unspecified atom stereocenters. The van der Waals surface area contributed by atoms with Gasteiger partial charge in [-0.25, -0.2) is 4.98 Å². The summed E-state index contributed by atoms with van der Waals surface area (Å²) in [5, 5.41) is 3.23. The van der Waals surface area contributed by atoms with Gasteiger partial charge in [-0.05, 0) is 20.3 Å². The van der Waals surface area contributed by atoms with E-state index in [1.165, 1.54) is 0 Å². The van der Waals surface area contributed by atoms with Crippen LogP contribution in [0.15, 0.2) is 6.33 Å². The van der Waals surface area contributed by atoms with Gasteiger partial charge in [-0.3, -0.25) is 0 Å². The molecule has 7 heteroatoms. The van der Waals surface area contributed by atoms with E-state index in [0.717, 1.165) is 30.8 Å². The zero-order chi connectivity index (χ0) is 15.2. The molecule has 0 saturated carbocycles. The van der Waals surface area contributed by atoms with Gasteiger partial charge in [0.25, 0.3) is 0 Å². The smallest absolute Gasteiger partial charge is 0.226 e. The zero-order valence-electron chi connectivity index (χ0n) is 13.2. The normalized spacial score (nSPS) is 11.3. The van der Waals surface area contributed by atoms with E-state index in [1.54, 1.807) is 13.4 Å². The van der Waals surface area contributed by atoms with Gasteiger partial charge in [0.15, 0.2) is 11.5 Å². The number of nitrogens with one attached hydrogen (secondary N) is 2. The van der Waals surface area contributed by atoms with Crippen LogP contribution in [-0.4, -0.2) is 52.8 Å². The molecule has 0 aliphatic rings. The molecule has 2 rings (SSSR count). The highest BCUT2D eigenvalue weighted by Gasteiger charge is 2.18. The molecular formula is C14H24N6O. The molecule has 2 aromatic heterocycles. The summed E-state index contributed by atoms with van der Waals surface area (Å²) in [7, 11) is 1.71. The van der Waals surface area contributed by atoms with Crippen molar-refractivity contribution in [2.24, 2.45) is 0 Å². The maximum atomic E-state index is 5.21. The van der Waals surface area contributed by atoms with E-state index >= 15 is 0 Å². The first-order chi connectivity index (χ1) is 10.2. The molecule has 0 spiro atoms. The summed E-state index contributed by atoms with van der Waals surface area (Å²) in [6, 6.07) is 0.306. The number of aromatic amines is 1. The Balaban J connectivity index is 2.40. The molecule has 0 atom stereocenters. The van der Waals surface area contributed by atoms with Crippen LogP contribution in [0, 0.1) is 0 Å². The standard InChI is InChI=1S/C14H24N6O/c1-5-6-15-14-18-12-11(16-9-17-12)13(19-14)20(10(2)3)7-8-21-4/h9-10H,5-8H2,1-4H3,(H2,15,16,17,18,19). The number of H-pyrrole nitrogens is 1. The number of fused-ring (bicyclic) bond motifs is 1. The Bertz CT molecular complexity index is 568. The number of nitrogens with zero attached hydrogens (tertiary/aromatic N) is 4. The number of methoxy groups -OCH3 is 1. The van der Waals surface area contributed by atoms with Crippen molar-refractivity contribution in [2.45, 2.75) is 33.2 Å². The Morgan fingerprint density at radius 3 is 2.86 bits per heavy atom. The van der Waals surface area contributed by atoms with Crippen LogP contribution in [-0.2, 0) is 4.74 Å². The summed E-state index contributed by atoms with van der Waals surface area (Å²) in [6.45, 7) is 8.65. The molecule has 0 aliphatic heterocycles. The third kappa shape index (κ3) is 3.60. The lowest BCUT2D eigenvalue weighted by Crippen LogP contribution is -2.35. The van der Waals surface area contributed by atoms with Gasteiger partial charge in [-0.1, -0.05) is 6.92 Å². The van der Waals surface area contributed by atoms with E-state index in [9.17, 15) is 0 Å². The molecule has 0 aliphatic carbocycles. The van der Waals surface area contributed by atoms with Crippen LogP contribution in [0.25, 0.3) is 11.2 Å². The van der Waals surface area contributed by atoms with Crippen molar-refractivity contribution >= 4 is 22.9 Å². The number of hydrogen-bond acceptors (Lipinski definition) is 6. The Labute approximate surface area is 125 Å². The minimum absolute atomic E-state index is 0.306. The molecule has 2 heterocycles. The number of imidazole rings is 1. The second kappa shape index (κ2) is 7.21. The minimum atomic E-state index is 0.306. The summed E-state index contributed by atoms with van der Waals surface area (Å²) in [5.74, 6) is 1.48. The Hall–Kier alpha value is -1.89. The van der Waals surface area contributed by atoms with Gasteiger partial charge < -0.3 is 19.9 Å². The van der Waals surface area contributed by atoms with E-state index in [0.29, 0.717) is 24.2 Å². The fraction of sp³-hybridized carbons (Fsp3) is 0.643. The van der Waals surface area contributed by atoms with Gasteiger partial charge in [0, 0.05) is 26.2 Å². The van der Waals surface area contributed by atoms with Crippen LogP contribution in [0.3, 0.4) is 0 Å². The lowest BCUT2D eigenvalue weighted by molar-refractivity contribution is 0.203. The van der Waals surface area contributed by atoms with Gasteiger partial charge in [0.2, 0.25) is 5.95 Å². The first-order valence-electron chi connectivity index (χ1n) is 7.38. The average Bonchev–Trinajstić information content (AvgIpc) is 2.93. The van der Waals surface area contributed by atoms with Gasteiger partial charge in [-0.2, -0.15) is 9.97 Å². The molecule has 0 saturated heterocycles. The summed E-state index contributed by atoms with van der Waals surface area (Å²) < 4.78 is 5.21. The summed E-state index contributed by atoms with van der Waals surface area (Å²) in [5.41, 5.74) is 1.54. The number of ether oxygens (including phenoxy) is 1. The SMILES string of the molecule is CCCNc1nc(N(CCOC)C(C)C)c2[nH]cnc2n1. The first kappa shape index (κ1) is 15.5. The summed E-state index contributed by atoms with van der Waals surface area (Å²) in [4.78, 5) is 18.7. The van der Waals surface area contributed by atoms with Crippen molar-refractivity contribution < 1.29 is 4.74 Å². The maximum absolute atomic E-state index is 5.21. The molecule has 0 aromatic carbocycles. The summed E-state index contributed by atoms with van der Waals surface area (Å²) in [6.07, 6.45) is 2.68. The van der Waals surface area contributed by atoms with E-state index in [-0.39, 0.29) is 0 Å². The fourth-order valence-electron chi connectivity index (χ4n) is 2.14. The molecule has 116 valence electrons. The van der Waals surface area contributed by atoms with Crippen molar-refractivity contribution in [1.29, 1.82) is 0 Å². The van der Waals surface area contributed by atoms with Gasteiger partial charge >= 0.3 is 0 Å². The van der Waals surface area contributed by atoms with Crippen LogP contribution >= 0.6 is 0 Å². The largest absolute Gasteiger partial charge is 0.383 e. The monoisotopic (exact) mass is 292 g/mol. The van der Waals surface area contributed by atoms with Crippen LogP contribution in [0.5, 0.6) is 0 Å². The fourth-order valence-corrected chi connectivity index (χ4v) is 2.14. The maximum Gasteiger partial charge on any atom is 0.226 e. The molecule has 0 bridgehead atoms. The molecule has 2 N–H and O–H groups in total. The zero-order valence-corrected chi connectivity index (χ0v) is 13.2. The first-order valence-corrected chi connectivity index (χ1v) is 7.38. The lowest BCUT2D eigenvalue weighted by Gasteiger charge is -2.28. The topological polar surface area (TPSA) is 79.0 Å². The third-order valence-electron chi connectivity index (χ3n) is 3.23. The predicted molar refractivity (Wildman–Crippen MR) is 84.8 cm³/mol.